The normalized spacial score (nSPS) is 12.6. The molecule has 0 fully saturated rings. The maximum Gasteiger partial charge on any atom is 0.228 e. The second-order valence-corrected chi connectivity index (χ2v) is 5.14. The molecule has 100 valence electrons. The number of benzene rings is 1. The number of carbonyl (C=O) groups is 1. The lowest BCUT2D eigenvalue weighted by atomic mass is 9.97. The number of amides is 1. The quantitative estimate of drug-likeness (QED) is 0.841. The fourth-order valence-electron chi connectivity index (χ4n) is 1.99. The molecule has 1 atom stereocenters. The second-order valence-electron chi connectivity index (χ2n) is 5.14. The van der Waals surface area contributed by atoms with Crippen molar-refractivity contribution in [2.24, 2.45) is 5.92 Å². The van der Waals surface area contributed by atoms with Crippen LogP contribution in [0, 0.1) is 12.8 Å². The molecule has 0 radical (unpaired) electrons. The number of anilines is 1. The standard InChI is InChI=1S/C15H24N2O/c1-10(2)13-8-6-7-11(3)14(13)17-15(18)12(4)9-16-5/h6-8,10,12,16H,9H2,1-5H3,(H,17,18). The molecule has 0 heterocycles. The zero-order valence-electron chi connectivity index (χ0n) is 12.0. The fraction of sp³-hybridized carbons (Fsp3) is 0.533. The molecule has 18 heavy (non-hydrogen) atoms. The lowest BCUT2D eigenvalue weighted by Crippen LogP contribution is -2.29. The summed E-state index contributed by atoms with van der Waals surface area (Å²) in [5.41, 5.74) is 3.28. The monoisotopic (exact) mass is 248 g/mol. The van der Waals surface area contributed by atoms with Gasteiger partial charge in [-0.1, -0.05) is 39.0 Å². The van der Waals surface area contributed by atoms with Crippen molar-refractivity contribution in [2.45, 2.75) is 33.6 Å². The van der Waals surface area contributed by atoms with E-state index in [1.165, 1.54) is 5.56 Å². The van der Waals surface area contributed by atoms with Crippen LogP contribution >= 0.6 is 0 Å². The van der Waals surface area contributed by atoms with E-state index in [9.17, 15) is 4.79 Å². The summed E-state index contributed by atoms with van der Waals surface area (Å²) in [4.78, 5) is 12.1. The van der Waals surface area contributed by atoms with Crippen LogP contribution in [0.25, 0.3) is 0 Å². The van der Waals surface area contributed by atoms with Crippen molar-refractivity contribution in [1.29, 1.82) is 0 Å². The smallest absolute Gasteiger partial charge is 0.228 e. The van der Waals surface area contributed by atoms with E-state index in [2.05, 4.69) is 30.5 Å². The van der Waals surface area contributed by atoms with Crippen LogP contribution in [0.4, 0.5) is 5.69 Å². The molecular formula is C15H24N2O. The molecule has 1 unspecified atom stereocenters. The Morgan fingerprint density at radius 3 is 2.50 bits per heavy atom. The lowest BCUT2D eigenvalue weighted by Gasteiger charge is -2.18. The summed E-state index contributed by atoms with van der Waals surface area (Å²) in [6.07, 6.45) is 0. The minimum atomic E-state index is -0.0328. The van der Waals surface area contributed by atoms with Crippen LogP contribution in [0.3, 0.4) is 0 Å². The number of hydrogen-bond acceptors (Lipinski definition) is 2. The van der Waals surface area contributed by atoms with E-state index in [0.29, 0.717) is 12.5 Å². The van der Waals surface area contributed by atoms with E-state index in [1.807, 2.05) is 33.0 Å². The van der Waals surface area contributed by atoms with Crippen LogP contribution in [0.2, 0.25) is 0 Å². The maximum atomic E-state index is 12.1. The number of carbonyl (C=O) groups excluding carboxylic acids is 1. The molecule has 1 amide bonds. The van der Waals surface area contributed by atoms with Gasteiger partial charge in [-0.15, -0.1) is 0 Å². The molecule has 0 aromatic heterocycles. The first-order valence-corrected chi connectivity index (χ1v) is 6.52. The van der Waals surface area contributed by atoms with Crippen LogP contribution in [-0.2, 0) is 4.79 Å². The van der Waals surface area contributed by atoms with E-state index in [1.54, 1.807) is 0 Å². The van der Waals surface area contributed by atoms with E-state index in [-0.39, 0.29) is 11.8 Å². The average Bonchev–Trinajstić information content (AvgIpc) is 2.31. The molecule has 1 aromatic carbocycles. The van der Waals surface area contributed by atoms with Crippen molar-refractivity contribution >= 4 is 11.6 Å². The van der Waals surface area contributed by atoms with Crippen molar-refractivity contribution in [3.05, 3.63) is 29.3 Å². The van der Waals surface area contributed by atoms with Gasteiger partial charge in [-0.2, -0.15) is 0 Å². The molecule has 0 bridgehead atoms. The molecule has 0 saturated carbocycles. The molecule has 2 N–H and O–H groups in total. The number of hydrogen-bond donors (Lipinski definition) is 2. The SMILES string of the molecule is CNCC(C)C(=O)Nc1c(C)cccc1C(C)C. The summed E-state index contributed by atoms with van der Waals surface area (Å²) in [7, 11) is 1.86. The summed E-state index contributed by atoms with van der Waals surface area (Å²) >= 11 is 0. The van der Waals surface area contributed by atoms with Gasteiger partial charge < -0.3 is 10.6 Å². The van der Waals surface area contributed by atoms with Crippen molar-refractivity contribution in [2.75, 3.05) is 18.9 Å². The summed E-state index contributed by atoms with van der Waals surface area (Å²) in [5, 5.41) is 6.09. The summed E-state index contributed by atoms with van der Waals surface area (Å²) in [6.45, 7) is 8.93. The first kappa shape index (κ1) is 14.7. The molecule has 0 aliphatic carbocycles. The van der Waals surface area contributed by atoms with Crippen LogP contribution in [0.5, 0.6) is 0 Å². The first-order valence-electron chi connectivity index (χ1n) is 6.52. The summed E-state index contributed by atoms with van der Waals surface area (Å²) < 4.78 is 0. The Hall–Kier alpha value is -1.35. The lowest BCUT2D eigenvalue weighted by molar-refractivity contribution is -0.119. The van der Waals surface area contributed by atoms with Gasteiger partial charge in [0.05, 0.1) is 0 Å². The zero-order chi connectivity index (χ0) is 13.7. The third kappa shape index (κ3) is 3.57. The summed E-state index contributed by atoms with van der Waals surface area (Å²) in [5.74, 6) is 0.440. The fourth-order valence-corrected chi connectivity index (χ4v) is 1.99. The molecule has 3 nitrogen and oxygen atoms in total. The first-order chi connectivity index (χ1) is 8.47. The van der Waals surface area contributed by atoms with Gasteiger partial charge >= 0.3 is 0 Å². The average molecular weight is 248 g/mol. The van der Waals surface area contributed by atoms with Gasteiger partial charge in [0.15, 0.2) is 0 Å². The van der Waals surface area contributed by atoms with Gasteiger partial charge in [-0.25, -0.2) is 0 Å². The van der Waals surface area contributed by atoms with Gasteiger partial charge in [-0.05, 0) is 31.0 Å². The number of rotatable bonds is 5. The van der Waals surface area contributed by atoms with Gasteiger partial charge in [0, 0.05) is 18.2 Å². The topological polar surface area (TPSA) is 41.1 Å². The third-order valence-electron chi connectivity index (χ3n) is 3.13. The molecule has 1 aromatic rings. The van der Waals surface area contributed by atoms with Gasteiger partial charge in [0.25, 0.3) is 0 Å². The largest absolute Gasteiger partial charge is 0.325 e. The van der Waals surface area contributed by atoms with Crippen molar-refractivity contribution in [3.8, 4) is 0 Å². The number of nitrogens with one attached hydrogen (secondary N) is 2. The van der Waals surface area contributed by atoms with E-state index in [0.717, 1.165) is 11.3 Å². The van der Waals surface area contributed by atoms with Crippen LogP contribution in [-0.4, -0.2) is 19.5 Å². The Morgan fingerprint density at radius 2 is 1.94 bits per heavy atom. The van der Waals surface area contributed by atoms with Crippen molar-refractivity contribution in [3.63, 3.8) is 0 Å². The molecule has 3 heteroatoms. The highest BCUT2D eigenvalue weighted by Crippen LogP contribution is 2.27. The predicted molar refractivity (Wildman–Crippen MR) is 77.0 cm³/mol. The highest BCUT2D eigenvalue weighted by Gasteiger charge is 2.16. The molecule has 0 aliphatic rings. The van der Waals surface area contributed by atoms with Gasteiger partial charge in [-0.3, -0.25) is 4.79 Å². The Labute approximate surface area is 110 Å². The molecule has 0 aliphatic heterocycles. The second kappa shape index (κ2) is 6.55. The molecule has 0 saturated heterocycles. The van der Waals surface area contributed by atoms with E-state index >= 15 is 0 Å². The number of aryl methyl sites for hydroxylation is 1. The highest BCUT2D eigenvalue weighted by atomic mass is 16.1. The Kier molecular flexibility index (Phi) is 5.35. The molecule has 1 rings (SSSR count). The van der Waals surface area contributed by atoms with E-state index < -0.39 is 0 Å². The minimum Gasteiger partial charge on any atom is -0.325 e. The molecule has 0 spiro atoms. The van der Waals surface area contributed by atoms with Crippen molar-refractivity contribution in [1.82, 2.24) is 5.32 Å². The zero-order valence-corrected chi connectivity index (χ0v) is 12.0. The van der Waals surface area contributed by atoms with E-state index in [4.69, 9.17) is 0 Å². The Bertz CT molecular complexity index is 413. The Morgan fingerprint density at radius 1 is 1.28 bits per heavy atom. The van der Waals surface area contributed by atoms with Gasteiger partial charge in [0.1, 0.15) is 0 Å². The minimum absolute atomic E-state index is 0.0328. The van der Waals surface area contributed by atoms with Crippen molar-refractivity contribution < 1.29 is 4.79 Å². The Balaban J connectivity index is 2.93. The van der Waals surface area contributed by atoms with Crippen LogP contribution in [0.15, 0.2) is 18.2 Å². The maximum absolute atomic E-state index is 12.1. The highest BCUT2D eigenvalue weighted by molar-refractivity contribution is 5.94. The van der Waals surface area contributed by atoms with Gasteiger partial charge in [0.2, 0.25) is 5.91 Å². The number of para-hydroxylation sites is 1. The molecular weight excluding hydrogens is 224 g/mol. The van der Waals surface area contributed by atoms with Crippen LogP contribution < -0.4 is 10.6 Å². The third-order valence-corrected chi connectivity index (χ3v) is 3.13. The summed E-state index contributed by atoms with van der Waals surface area (Å²) in [6, 6.07) is 6.15. The predicted octanol–water partition coefficient (Wildman–Crippen LogP) is 2.91. The van der Waals surface area contributed by atoms with Crippen LogP contribution in [0.1, 0.15) is 37.8 Å².